The fourth-order valence-electron chi connectivity index (χ4n) is 3.99. The number of halogens is 2. The number of unbranched alkanes of at least 4 members (excludes halogenated alkanes) is 1. The predicted molar refractivity (Wildman–Crippen MR) is 115 cm³/mol. The lowest BCUT2D eigenvalue weighted by Gasteiger charge is -2.37. The molecule has 0 bridgehead atoms. The summed E-state index contributed by atoms with van der Waals surface area (Å²) in [5, 5.41) is 4.42. The molecule has 0 amide bonds. The Labute approximate surface area is 173 Å². The maximum Gasteiger partial charge on any atom is 0.180 e. The van der Waals surface area contributed by atoms with Crippen molar-refractivity contribution in [2.75, 3.05) is 5.75 Å². The molecule has 1 N–H and O–H groups in total. The number of hydrogen-bond acceptors (Lipinski definition) is 3. The van der Waals surface area contributed by atoms with Gasteiger partial charge in [-0.3, -0.25) is 5.32 Å². The van der Waals surface area contributed by atoms with E-state index in [1.165, 1.54) is 0 Å². The van der Waals surface area contributed by atoms with Crippen LogP contribution in [0.3, 0.4) is 0 Å². The Hall–Kier alpha value is -1.07. The molecule has 0 saturated heterocycles. The lowest BCUT2D eigenvalue weighted by atomic mass is 9.79. The van der Waals surface area contributed by atoms with E-state index in [4.69, 9.17) is 11.6 Å². The Kier molecular flexibility index (Phi) is 7.37. The molecule has 0 aromatic heterocycles. The van der Waals surface area contributed by atoms with E-state index < -0.39 is 15.4 Å². The lowest BCUT2D eigenvalue weighted by molar-refractivity contribution is 0.329. The average Bonchev–Trinajstić information content (AvgIpc) is 2.74. The van der Waals surface area contributed by atoms with Crippen molar-refractivity contribution in [2.24, 2.45) is 0 Å². The maximum absolute atomic E-state index is 13.1. The minimum absolute atomic E-state index is 0. The topological polar surface area (TPSA) is 46.2 Å². The van der Waals surface area contributed by atoms with Crippen molar-refractivity contribution in [3.05, 3.63) is 64.7 Å². The van der Waals surface area contributed by atoms with Gasteiger partial charge < -0.3 is 0 Å². The number of benzene rings is 2. The first kappa shape index (κ1) is 22.2. The second-order valence-corrected chi connectivity index (χ2v) is 9.47. The zero-order valence-corrected chi connectivity index (χ0v) is 18.1. The Bertz CT molecular complexity index is 868. The molecule has 0 radical (unpaired) electrons. The molecule has 1 heterocycles. The van der Waals surface area contributed by atoms with Crippen molar-refractivity contribution in [1.29, 1.82) is 0 Å². The Balaban J connectivity index is 0.00000261. The molecular weight excluding hydrogens is 401 g/mol. The third-order valence-corrected chi connectivity index (χ3v) is 7.45. The number of rotatable bonds is 5. The first-order valence-electron chi connectivity index (χ1n) is 9.29. The van der Waals surface area contributed by atoms with Gasteiger partial charge in [0.2, 0.25) is 0 Å². The molecule has 1 aliphatic heterocycles. The molecule has 1 aliphatic rings. The van der Waals surface area contributed by atoms with Gasteiger partial charge in [-0.25, -0.2) is 8.42 Å². The standard InChI is InChI=1S/C21H26ClNO2S.ClH/c1-3-5-8-18-15-26(24,25)20-10-7-6-9-19(20)21(4-2,23-18)16-11-13-17(22)14-12-16;/h6-7,9-14,18,23H,3-5,8,15H2,1-2H3;1H. The number of hydrogen-bond donors (Lipinski definition) is 1. The van der Waals surface area contributed by atoms with Gasteiger partial charge >= 0.3 is 0 Å². The van der Waals surface area contributed by atoms with E-state index >= 15 is 0 Å². The average molecular weight is 428 g/mol. The van der Waals surface area contributed by atoms with Gasteiger partial charge in [0.05, 0.1) is 16.2 Å². The molecule has 0 saturated carbocycles. The van der Waals surface area contributed by atoms with Gasteiger partial charge in [0.15, 0.2) is 9.84 Å². The summed E-state index contributed by atoms with van der Waals surface area (Å²) in [4.78, 5) is 0.447. The zero-order valence-electron chi connectivity index (χ0n) is 15.7. The van der Waals surface area contributed by atoms with E-state index in [1.54, 1.807) is 6.07 Å². The SMILES string of the molecule is CCCCC1CS(=O)(=O)c2ccccc2C(CC)(c2ccc(Cl)cc2)N1.Cl. The van der Waals surface area contributed by atoms with E-state index in [2.05, 4.69) is 19.2 Å². The van der Waals surface area contributed by atoms with Gasteiger partial charge in [-0.15, -0.1) is 12.4 Å². The molecule has 6 heteroatoms. The second kappa shape index (κ2) is 8.95. The van der Waals surface area contributed by atoms with Crippen molar-refractivity contribution < 1.29 is 8.42 Å². The van der Waals surface area contributed by atoms with Crippen LogP contribution in [0.15, 0.2) is 53.4 Å². The van der Waals surface area contributed by atoms with Gasteiger partial charge in [-0.05, 0) is 42.2 Å². The summed E-state index contributed by atoms with van der Waals surface area (Å²) in [6.45, 7) is 4.24. The number of nitrogens with one attached hydrogen (secondary N) is 1. The zero-order chi connectivity index (χ0) is 18.8. The van der Waals surface area contributed by atoms with Crippen LogP contribution in [0.4, 0.5) is 0 Å². The molecule has 0 spiro atoms. The van der Waals surface area contributed by atoms with Crippen LogP contribution in [0.25, 0.3) is 0 Å². The quantitative estimate of drug-likeness (QED) is 0.698. The van der Waals surface area contributed by atoms with Crippen molar-refractivity contribution in [3.63, 3.8) is 0 Å². The van der Waals surface area contributed by atoms with Crippen LogP contribution in [-0.2, 0) is 15.4 Å². The highest BCUT2D eigenvalue weighted by atomic mass is 35.5. The summed E-state index contributed by atoms with van der Waals surface area (Å²) in [6.07, 6.45) is 3.65. The number of sulfone groups is 1. The highest BCUT2D eigenvalue weighted by Gasteiger charge is 2.42. The van der Waals surface area contributed by atoms with Crippen LogP contribution in [0.5, 0.6) is 0 Å². The summed E-state index contributed by atoms with van der Waals surface area (Å²) < 4.78 is 26.2. The largest absolute Gasteiger partial charge is 0.300 e. The summed E-state index contributed by atoms with van der Waals surface area (Å²) in [5.41, 5.74) is 1.35. The predicted octanol–water partition coefficient (Wildman–Crippen LogP) is 5.35. The van der Waals surface area contributed by atoms with E-state index in [-0.39, 0.29) is 24.2 Å². The minimum atomic E-state index is -3.34. The lowest BCUT2D eigenvalue weighted by Crippen LogP contribution is -2.48. The van der Waals surface area contributed by atoms with E-state index in [1.807, 2.05) is 42.5 Å². The molecule has 27 heavy (non-hydrogen) atoms. The van der Waals surface area contributed by atoms with Crippen molar-refractivity contribution >= 4 is 33.8 Å². The van der Waals surface area contributed by atoms with Crippen LogP contribution >= 0.6 is 24.0 Å². The Morgan fingerprint density at radius 2 is 1.78 bits per heavy atom. The summed E-state index contributed by atoms with van der Waals surface area (Å²) in [7, 11) is -3.34. The van der Waals surface area contributed by atoms with E-state index in [0.717, 1.165) is 36.8 Å². The molecule has 2 atom stereocenters. The molecular formula is C21H27Cl2NO2S. The van der Waals surface area contributed by atoms with Gasteiger partial charge in [0.25, 0.3) is 0 Å². The molecule has 148 valence electrons. The number of fused-ring (bicyclic) bond motifs is 1. The normalized spacial score (nSPS) is 23.7. The van der Waals surface area contributed by atoms with Crippen LogP contribution in [0, 0.1) is 0 Å². The van der Waals surface area contributed by atoms with E-state index in [9.17, 15) is 8.42 Å². The van der Waals surface area contributed by atoms with E-state index in [0.29, 0.717) is 9.92 Å². The maximum atomic E-state index is 13.1. The molecule has 2 unspecified atom stereocenters. The summed E-state index contributed by atoms with van der Waals surface area (Å²) in [5.74, 6) is 0.138. The van der Waals surface area contributed by atoms with Gasteiger partial charge in [0.1, 0.15) is 0 Å². The van der Waals surface area contributed by atoms with Crippen molar-refractivity contribution in [1.82, 2.24) is 5.32 Å². The molecule has 0 aliphatic carbocycles. The van der Waals surface area contributed by atoms with Crippen molar-refractivity contribution in [2.45, 2.75) is 56.0 Å². The van der Waals surface area contributed by atoms with Crippen LogP contribution < -0.4 is 5.32 Å². The smallest absolute Gasteiger partial charge is 0.180 e. The monoisotopic (exact) mass is 427 g/mol. The molecule has 2 aromatic carbocycles. The van der Waals surface area contributed by atoms with Gasteiger partial charge in [0, 0.05) is 11.1 Å². The summed E-state index contributed by atoms with van der Waals surface area (Å²) >= 11 is 6.10. The third kappa shape index (κ3) is 4.34. The highest BCUT2D eigenvalue weighted by Crippen LogP contribution is 2.40. The Morgan fingerprint density at radius 3 is 2.41 bits per heavy atom. The first-order valence-corrected chi connectivity index (χ1v) is 11.3. The highest BCUT2D eigenvalue weighted by molar-refractivity contribution is 7.91. The first-order chi connectivity index (χ1) is 12.4. The van der Waals surface area contributed by atoms with Gasteiger partial charge in [-0.1, -0.05) is 68.6 Å². The van der Waals surface area contributed by atoms with Crippen molar-refractivity contribution in [3.8, 4) is 0 Å². The molecule has 0 fully saturated rings. The fraction of sp³-hybridized carbons (Fsp3) is 0.429. The molecule has 2 aromatic rings. The minimum Gasteiger partial charge on any atom is -0.300 e. The van der Waals surface area contributed by atoms with Gasteiger partial charge in [-0.2, -0.15) is 0 Å². The van der Waals surface area contributed by atoms with Crippen LogP contribution in [-0.4, -0.2) is 20.2 Å². The third-order valence-electron chi connectivity index (χ3n) is 5.33. The summed E-state index contributed by atoms with van der Waals surface area (Å²) in [6, 6.07) is 15.1. The molecule has 3 nitrogen and oxygen atoms in total. The second-order valence-electron chi connectivity index (χ2n) is 7.03. The van der Waals surface area contributed by atoms with Crippen LogP contribution in [0.2, 0.25) is 5.02 Å². The van der Waals surface area contributed by atoms with Crippen LogP contribution in [0.1, 0.15) is 50.7 Å². The molecule has 3 rings (SSSR count). The Morgan fingerprint density at radius 1 is 1.11 bits per heavy atom. The fourth-order valence-corrected chi connectivity index (χ4v) is 5.94.